The van der Waals surface area contributed by atoms with Gasteiger partial charge in [-0.25, -0.2) is 8.42 Å². The molecule has 0 aromatic heterocycles. The van der Waals surface area contributed by atoms with Gasteiger partial charge in [0.15, 0.2) is 0 Å². The average molecular weight is 449 g/mol. The third-order valence-electron chi connectivity index (χ3n) is 5.52. The number of hydrogen-bond donors (Lipinski definition) is 1. The van der Waals surface area contributed by atoms with Crippen LogP contribution in [0.25, 0.3) is 0 Å². The summed E-state index contributed by atoms with van der Waals surface area (Å²) in [4.78, 5) is 13.1. The van der Waals surface area contributed by atoms with E-state index in [2.05, 4.69) is 5.32 Å². The fourth-order valence-electron chi connectivity index (χ4n) is 3.92. The maximum atomic E-state index is 13.4. The molecule has 0 bridgehead atoms. The fourth-order valence-corrected chi connectivity index (χ4v) is 5.66. The molecule has 2 aromatic rings. The first kappa shape index (κ1) is 22.6. The summed E-state index contributed by atoms with van der Waals surface area (Å²) in [6.45, 7) is 1.53. The lowest BCUT2D eigenvalue weighted by atomic mass is 9.97. The first-order chi connectivity index (χ1) is 14.4. The van der Waals surface area contributed by atoms with Crippen LogP contribution in [0.5, 0.6) is 0 Å². The number of carbonyl (C=O) groups excluding carboxylic acids is 1. The summed E-state index contributed by atoms with van der Waals surface area (Å²) in [6.07, 6.45) is 7.68. The Hall–Kier alpha value is -2.05. The second kappa shape index (κ2) is 10.3. The number of rotatable bonds is 6. The average Bonchev–Trinajstić information content (AvgIpc) is 2.69. The van der Waals surface area contributed by atoms with Crippen molar-refractivity contribution >= 4 is 33.2 Å². The van der Waals surface area contributed by atoms with Crippen LogP contribution in [0.2, 0.25) is 5.02 Å². The summed E-state index contributed by atoms with van der Waals surface area (Å²) < 4.78 is 28.0. The minimum atomic E-state index is -3.91. The highest BCUT2D eigenvalue weighted by Crippen LogP contribution is 2.29. The van der Waals surface area contributed by atoms with Crippen LogP contribution in [0.4, 0.5) is 5.69 Å². The number of amides is 1. The quantitative estimate of drug-likeness (QED) is 0.670. The smallest absolute Gasteiger partial charge is 0.264 e. The number of nitrogens with one attached hydrogen (secondary N) is 1. The molecule has 7 heteroatoms. The maximum Gasteiger partial charge on any atom is 0.264 e. The molecule has 0 spiro atoms. The van der Waals surface area contributed by atoms with Gasteiger partial charge >= 0.3 is 0 Å². The first-order valence-corrected chi connectivity index (χ1v) is 12.3. The standard InChI is InChI=1S/C23H29ClN2O3S/c1-18-16-19(24)14-15-22(18)26(30(28,29)21-12-8-5-9-13-21)17-23(27)25-20-10-6-3-2-4-7-11-20/h5,8-9,12-16,20H,2-4,6-7,10-11,17H2,1H3,(H,25,27). The Kier molecular flexibility index (Phi) is 7.78. The summed E-state index contributed by atoms with van der Waals surface area (Å²) in [5, 5.41) is 3.59. The Morgan fingerprint density at radius 1 is 1.03 bits per heavy atom. The van der Waals surface area contributed by atoms with Crippen LogP contribution < -0.4 is 9.62 Å². The Bertz CT molecular complexity index is 956. The largest absolute Gasteiger partial charge is 0.352 e. The van der Waals surface area contributed by atoms with Gasteiger partial charge in [0.25, 0.3) is 10.0 Å². The van der Waals surface area contributed by atoms with Crippen molar-refractivity contribution in [3.05, 3.63) is 59.1 Å². The van der Waals surface area contributed by atoms with Crippen molar-refractivity contribution in [3.8, 4) is 0 Å². The summed E-state index contributed by atoms with van der Waals surface area (Å²) in [7, 11) is -3.91. The van der Waals surface area contributed by atoms with E-state index in [1.54, 1.807) is 55.5 Å². The van der Waals surface area contributed by atoms with Crippen molar-refractivity contribution < 1.29 is 13.2 Å². The highest BCUT2D eigenvalue weighted by atomic mass is 35.5. The molecule has 0 unspecified atom stereocenters. The molecule has 0 aliphatic heterocycles. The molecule has 1 N–H and O–H groups in total. The molecule has 0 atom stereocenters. The van der Waals surface area contributed by atoms with Gasteiger partial charge in [0.05, 0.1) is 10.6 Å². The van der Waals surface area contributed by atoms with E-state index in [4.69, 9.17) is 11.6 Å². The molecular weight excluding hydrogens is 420 g/mol. The van der Waals surface area contributed by atoms with Crippen molar-refractivity contribution in [2.45, 2.75) is 62.8 Å². The molecule has 1 aliphatic rings. The summed E-state index contributed by atoms with van der Waals surface area (Å²) in [5.74, 6) is -0.283. The Morgan fingerprint density at radius 3 is 2.30 bits per heavy atom. The third kappa shape index (κ3) is 5.76. The number of halogens is 1. The molecule has 0 radical (unpaired) electrons. The highest BCUT2D eigenvalue weighted by Gasteiger charge is 2.29. The van der Waals surface area contributed by atoms with Gasteiger partial charge in [-0.1, -0.05) is 61.9 Å². The second-order valence-corrected chi connectivity index (χ2v) is 10.2. The van der Waals surface area contributed by atoms with Crippen LogP contribution in [0.3, 0.4) is 0 Å². The van der Waals surface area contributed by atoms with Gasteiger partial charge in [0.1, 0.15) is 6.54 Å². The molecule has 162 valence electrons. The van der Waals surface area contributed by atoms with Gasteiger partial charge in [-0.3, -0.25) is 9.10 Å². The third-order valence-corrected chi connectivity index (χ3v) is 7.53. The van der Waals surface area contributed by atoms with Crippen molar-refractivity contribution in [2.75, 3.05) is 10.8 Å². The van der Waals surface area contributed by atoms with E-state index >= 15 is 0 Å². The molecule has 3 rings (SSSR count). The lowest BCUT2D eigenvalue weighted by Gasteiger charge is -2.27. The van der Waals surface area contributed by atoms with Gasteiger partial charge < -0.3 is 5.32 Å². The van der Waals surface area contributed by atoms with Gasteiger partial charge in [0.2, 0.25) is 5.91 Å². The number of benzene rings is 2. The monoisotopic (exact) mass is 448 g/mol. The van der Waals surface area contributed by atoms with Crippen LogP contribution >= 0.6 is 11.6 Å². The van der Waals surface area contributed by atoms with E-state index in [0.717, 1.165) is 25.7 Å². The van der Waals surface area contributed by atoms with E-state index in [0.29, 0.717) is 16.3 Å². The zero-order valence-corrected chi connectivity index (χ0v) is 18.9. The van der Waals surface area contributed by atoms with Crippen molar-refractivity contribution in [3.63, 3.8) is 0 Å². The normalized spacial score (nSPS) is 15.8. The second-order valence-electron chi connectivity index (χ2n) is 7.87. The van der Waals surface area contributed by atoms with Gasteiger partial charge in [-0.2, -0.15) is 0 Å². The predicted octanol–water partition coefficient (Wildman–Crippen LogP) is 5.07. The van der Waals surface area contributed by atoms with Crippen molar-refractivity contribution in [1.82, 2.24) is 5.32 Å². The molecule has 0 heterocycles. The molecular formula is C23H29ClN2O3S. The molecule has 1 saturated carbocycles. The number of hydrogen-bond acceptors (Lipinski definition) is 3. The summed E-state index contributed by atoms with van der Waals surface area (Å²) in [5.41, 5.74) is 1.15. The Balaban J connectivity index is 1.87. The predicted molar refractivity (Wildman–Crippen MR) is 121 cm³/mol. The van der Waals surface area contributed by atoms with E-state index < -0.39 is 10.0 Å². The minimum Gasteiger partial charge on any atom is -0.352 e. The van der Waals surface area contributed by atoms with E-state index in [-0.39, 0.29) is 23.4 Å². The van der Waals surface area contributed by atoms with Crippen molar-refractivity contribution in [1.29, 1.82) is 0 Å². The topological polar surface area (TPSA) is 66.5 Å². The fraction of sp³-hybridized carbons (Fsp3) is 0.435. The molecule has 5 nitrogen and oxygen atoms in total. The van der Waals surface area contributed by atoms with Crippen molar-refractivity contribution in [2.24, 2.45) is 0 Å². The number of sulfonamides is 1. The minimum absolute atomic E-state index is 0.102. The zero-order valence-electron chi connectivity index (χ0n) is 17.3. The Morgan fingerprint density at radius 2 is 1.67 bits per heavy atom. The zero-order chi connectivity index (χ0) is 21.6. The summed E-state index contributed by atoms with van der Waals surface area (Å²) >= 11 is 6.07. The van der Waals surface area contributed by atoms with E-state index in [9.17, 15) is 13.2 Å². The lowest BCUT2D eigenvalue weighted by molar-refractivity contribution is -0.120. The molecule has 1 aliphatic carbocycles. The molecule has 0 saturated heterocycles. The number of anilines is 1. The maximum absolute atomic E-state index is 13.4. The van der Waals surface area contributed by atoms with E-state index in [1.807, 2.05) is 0 Å². The summed E-state index contributed by atoms with van der Waals surface area (Å²) in [6, 6.07) is 13.3. The van der Waals surface area contributed by atoms with Crippen LogP contribution in [0.15, 0.2) is 53.4 Å². The molecule has 1 amide bonds. The number of nitrogens with zero attached hydrogens (tertiary/aromatic N) is 1. The van der Waals surface area contributed by atoms with Crippen LogP contribution in [-0.4, -0.2) is 26.9 Å². The highest BCUT2D eigenvalue weighted by molar-refractivity contribution is 7.92. The molecule has 1 fully saturated rings. The van der Waals surface area contributed by atoms with Gasteiger partial charge in [-0.05, 0) is 55.7 Å². The molecule has 30 heavy (non-hydrogen) atoms. The number of aryl methyl sites for hydroxylation is 1. The van der Waals surface area contributed by atoms with Crippen LogP contribution in [-0.2, 0) is 14.8 Å². The number of carbonyl (C=O) groups is 1. The van der Waals surface area contributed by atoms with Gasteiger partial charge in [0, 0.05) is 11.1 Å². The first-order valence-electron chi connectivity index (χ1n) is 10.5. The lowest BCUT2D eigenvalue weighted by Crippen LogP contribution is -2.44. The van der Waals surface area contributed by atoms with E-state index in [1.165, 1.54) is 23.6 Å². The Labute approximate surface area is 184 Å². The van der Waals surface area contributed by atoms with Crippen LogP contribution in [0.1, 0.15) is 50.5 Å². The van der Waals surface area contributed by atoms with Crippen LogP contribution in [0, 0.1) is 6.92 Å². The van der Waals surface area contributed by atoms with Gasteiger partial charge in [-0.15, -0.1) is 0 Å². The SMILES string of the molecule is Cc1cc(Cl)ccc1N(CC(=O)NC1CCCCCCC1)S(=O)(=O)c1ccccc1. The molecule has 2 aromatic carbocycles.